The van der Waals surface area contributed by atoms with E-state index in [0.29, 0.717) is 28.4 Å². The number of piperidine rings is 1. The summed E-state index contributed by atoms with van der Waals surface area (Å²) in [5.41, 5.74) is 0.340. The standard InChI is InChI=1S/C15H22ClN3O/c1-9(2)14-17-6-12(16)13(18-14)15(20)19-7-10(3)5-11(4)8-19/h6,9-11H,5,7-8H2,1-4H3/t10-,11-/m1/s1. The fourth-order valence-corrected chi connectivity index (χ4v) is 2.96. The minimum absolute atomic E-state index is 0.0716. The van der Waals surface area contributed by atoms with E-state index in [1.165, 1.54) is 12.6 Å². The number of aromatic nitrogens is 2. The molecule has 0 radical (unpaired) electrons. The quantitative estimate of drug-likeness (QED) is 0.840. The van der Waals surface area contributed by atoms with E-state index in [-0.39, 0.29) is 11.8 Å². The molecule has 20 heavy (non-hydrogen) atoms. The van der Waals surface area contributed by atoms with Gasteiger partial charge in [-0.05, 0) is 18.3 Å². The molecule has 1 aromatic heterocycles. The zero-order chi connectivity index (χ0) is 14.9. The monoisotopic (exact) mass is 295 g/mol. The molecule has 0 saturated carbocycles. The first-order chi connectivity index (χ1) is 9.38. The summed E-state index contributed by atoms with van der Waals surface area (Å²) in [6.45, 7) is 9.92. The van der Waals surface area contributed by atoms with Crippen LogP contribution in [-0.4, -0.2) is 33.9 Å². The van der Waals surface area contributed by atoms with Crippen LogP contribution in [-0.2, 0) is 0 Å². The number of carbonyl (C=O) groups is 1. The summed E-state index contributed by atoms with van der Waals surface area (Å²) in [5, 5.41) is 0.338. The lowest BCUT2D eigenvalue weighted by Crippen LogP contribution is -2.43. The number of nitrogens with zero attached hydrogens (tertiary/aromatic N) is 3. The summed E-state index contributed by atoms with van der Waals surface area (Å²) in [6.07, 6.45) is 2.70. The van der Waals surface area contributed by atoms with Crippen LogP contribution in [0.3, 0.4) is 0 Å². The van der Waals surface area contributed by atoms with Gasteiger partial charge >= 0.3 is 0 Å². The molecule has 0 unspecified atom stereocenters. The number of hydrogen-bond donors (Lipinski definition) is 0. The first-order valence-electron chi connectivity index (χ1n) is 7.20. The number of carbonyl (C=O) groups excluding carboxylic acids is 1. The Morgan fingerprint density at radius 1 is 1.35 bits per heavy atom. The Balaban J connectivity index is 2.26. The molecule has 2 atom stereocenters. The Morgan fingerprint density at radius 3 is 2.50 bits per heavy atom. The minimum atomic E-state index is -0.0716. The van der Waals surface area contributed by atoms with Gasteiger partial charge in [-0.3, -0.25) is 4.79 Å². The van der Waals surface area contributed by atoms with Crippen molar-refractivity contribution in [2.75, 3.05) is 13.1 Å². The zero-order valence-electron chi connectivity index (χ0n) is 12.6. The third-order valence-electron chi connectivity index (χ3n) is 3.64. The molecule has 1 aliphatic rings. The smallest absolute Gasteiger partial charge is 0.274 e. The molecule has 0 aliphatic carbocycles. The number of halogens is 1. The van der Waals surface area contributed by atoms with Gasteiger partial charge in [-0.1, -0.05) is 39.3 Å². The Labute approximate surface area is 125 Å². The predicted octanol–water partition coefficient (Wildman–Crippen LogP) is 3.37. The van der Waals surface area contributed by atoms with E-state index in [9.17, 15) is 4.79 Å². The van der Waals surface area contributed by atoms with Gasteiger partial charge < -0.3 is 4.90 Å². The second-order valence-electron chi connectivity index (χ2n) is 6.24. The van der Waals surface area contributed by atoms with Gasteiger partial charge in [0.15, 0.2) is 5.69 Å². The molecule has 1 aliphatic heterocycles. The highest BCUT2D eigenvalue weighted by molar-refractivity contribution is 6.33. The molecule has 2 heterocycles. The molecule has 0 aromatic carbocycles. The van der Waals surface area contributed by atoms with Crippen molar-refractivity contribution in [3.63, 3.8) is 0 Å². The lowest BCUT2D eigenvalue weighted by molar-refractivity contribution is 0.0617. The van der Waals surface area contributed by atoms with Crippen LogP contribution in [0.15, 0.2) is 6.20 Å². The molecule has 2 rings (SSSR count). The maximum atomic E-state index is 12.6. The van der Waals surface area contributed by atoms with Crippen molar-refractivity contribution in [2.45, 2.75) is 40.0 Å². The van der Waals surface area contributed by atoms with Crippen LogP contribution < -0.4 is 0 Å². The predicted molar refractivity (Wildman–Crippen MR) is 80.0 cm³/mol. The van der Waals surface area contributed by atoms with Gasteiger partial charge in [0.25, 0.3) is 5.91 Å². The van der Waals surface area contributed by atoms with E-state index >= 15 is 0 Å². The van der Waals surface area contributed by atoms with Gasteiger partial charge in [0.05, 0.1) is 11.2 Å². The van der Waals surface area contributed by atoms with Crippen molar-refractivity contribution in [1.82, 2.24) is 14.9 Å². The summed E-state index contributed by atoms with van der Waals surface area (Å²) in [6, 6.07) is 0. The third-order valence-corrected chi connectivity index (χ3v) is 3.91. The lowest BCUT2D eigenvalue weighted by Gasteiger charge is -2.34. The average Bonchev–Trinajstić information content (AvgIpc) is 2.37. The molecule has 0 bridgehead atoms. The molecule has 1 fully saturated rings. The summed E-state index contributed by atoms with van der Waals surface area (Å²) in [5.74, 6) is 1.81. The Hall–Kier alpha value is -1.16. The van der Waals surface area contributed by atoms with Crippen LogP contribution >= 0.6 is 11.6 Å². The fourth-order valence-electron chi connectivity index (χ4n) is 2.79. The topological polar surface area (TPSA) is 46.1 Å². The van der Waals surface area contributed by atoms with Gasteiger partial charge in [-0.15, -0.1) is 0 Å². The van der Waals surface area contributed by atoms with Gasteiger partial charge in [0, 0.05) is 19.0 Å². The van der Waals surface area contributed by atoms with E-state index in [1.54, 1.807) is 0 Å². The molecule has 1 aromatic rings. The highest BCUT2D eigenvalue weighted by atomic mass is 35.5. The van der Waals surface area contributed by atoms with Crippen molar-refractivity contribution in [3.05, 3.63) is 22.7 Å². The number of likely N-dealkylation sites (tertiary alicyclic amines) is 1. The van der Waals surface area contributed by atoms with Crippen LogP contribution in [0.5, 0.6) is 0 Å². The van der Waals surface area contributed by atoms with E-state index in [1.807, 2.05) is 18.7 Å². The van der Waals surface area contributed by atoms with Crippen molar-refractivity contribution in [1.29, 1.82) is 0 Å². The SMILES string of the molecule is CC(C)c1ncc(Cl)c(C(=O)N2C[C@H](C)C[C@@H](C)C2)n1. The first-order valence-corrected chi connectivity index (χ1v) is 7.58. The molecular weight excluding hydrogens is 274 g/mol. The average molecular weight is 296 g/mol. The van der Waals surface area contributed by atoms with Crippen LogP contribution in [0.4, 0.5) is 0 Å². The zero-order valence-corrected chi connectivity index (χ0v) is 13.3. The second kappa shape index (κ2) is 6.08. The summed E-state index contributed by atoms with van der Waals surface area (Å²) < 4.78 is 0. The maximum Gasteiger partial charge on any atom is 0.274 e. The third kappa shape index (κ3) is 3.29. The second-order valence-corrected chi connectivity index (χ2v) is 6.64. The van der Waals surface area contributed by atoms with Gasteiger partial charge in [0.2, 0.25) is 0 Å². The normalized spacial score (nSPS) is 23.2. The van der Waals surface area contributed by atoms with Gasteiger partial charge in [-0.2, -0.15) is 0 Å². The van der Waals surface area contributed by atoms with E-state index in [0.717, 1.165) is 13.1 Å². The van der Waals surface area contributed by atoms with Crippen molar-refractivity contribution in [3.8, 4) is 0 Å². The maximum absolute atomic E-state index is 12.6. The fraction of sp³-hybridized carbons (Fsp3) is 0.667. The van der Waals surface area contributed by atoms with Crippen molar-refractivity contribution < 1.29 is 4.79 Å². The van der Waals surface area contributed by atoms with Crippen LogP contribution in [0, 0.1) is 11.8 Å². The van der Waals surface area contributed by atoms with E-state index in [2.05, 4.69) is 23.8 Å². The summed E-state index contributed by atoms with van der Waals surface area (Å²) in [4.78, 5) is 23.1. The molecular formula is C15H22ClN3O. The molecule has 0 N–H and O–H groups in total. The van der Waals surface area contributed by atoms with Crippen LogP contribution in [0.2, 0.25) is 5.02 Å². The number of rotatable bonds is 2. The van der Waals surface area contributed by atoms with Gasteiger partial charge in [-0.25, -0.2) is 9.97 Å². The van der Waals surface area contributed by atoms with Crippen LogP contribution in [0.1, 0.15) is 56.3 Å². The van der Waals surface area contributed by atoms with E-state index < -0.39 is 0 Å². The molecule has 110 valence electrons. The number of amides is 1. The Bertz CT molecular complexity index is 494. The van der Waals surface area contributed by atoms with E-state index in [4.69, 9.17) is 11.6 Å². The summed E-state index contributed by atoms with van der Waals surface area (Å²) >= 11 is 6.12. The summed E-state index contributed by atoms with van der Waals surface area (Å²) in [7, 11) is 0. The number of hydrogen-bond acceptors (Lipinski definition) is 3. The Morgan fingerprint density at radius 2 is 1.95 bits per heavy atom. The van der Waals surface area contributed by atoms with Crippen molar-refractivity contribution >= 4 is 17.5 Å². The molecule has 1 saturated heterocycles. The molecule has 0 spiro atoms. The van der Waals surface area contributed by atoms with Crippen LogP contribution in [0.25, 0.3) is 0 Å². The minimum Gasteiger partial charge on any atom is -0.337 e. The van der Waals surface area contributed by atoms with Crippen molar-refractivity contribution in [2.24, 2.45) is 11.8 Å². The Kier molecular flexibility index (Phi) is 4.63. The highest BCUT2D eigenvalue weighted by Crippen LogP contribution is 2.24. The first kappa shape index (κ1) is 15.2. The molecule has 5 heteroatoms. The molecule has 4 nitrogen and oxygen atoms in total. The van der Waals surface area contributed by atoms with Gasteiger partial charge in [0.1, 0.15) is 5.82 Å². The highest BCUT2D eigenvalue weighted by Gasteiger charge is 2.28. The molecule has 1 amide bonds. The lowest BCUT2D eigenvalue weighted by atomic mass is 9.92. The largest absolute Gasteiger partial charge is 0.337 e.